The molecule has 0 amide bonds. The van der Waals surface area contributed by atoms with E-state index in [0.717, 1.165) is 25.3 Å². The average Bonchev–Trinajstić information content (AvgIpc) is 3.58. The Morgan fingerprint density at radius 1 is 0.909 bits per heavy atom. The summed E-state index contributed by atoms with van der Waals surface area (Å²) in [5.41, 5.74) is 7.37. The van der Waals surface area contributed by atoms with Gasteiger partial charge in [0.25, 0.3) is 6.26 Å². The van der Waals surface area contributed by atoms with Gasteiger partial charge in [0.1, 0.15) is 17.7 Å². The fourth-order valence-electron chi connectivity index (χ4n) is 6.48. The second-order valence-electron chi connectivity index (χ2n) is 14.2. The fraction of sp³-hybridized carbons (Fsp3) is 0.650. The lowest BCUT2D eigenvalue weighted by Gasteiger charge is -2.24. The third-order valence-corrected chi connectivity index (χ3v) is 10.7. The highest BCUT2D eigenvalue weighted by Gasteiger charge is 2.31. The summed E-state index contributed by atoms with van der Waals surface area (Å²) >= 11 is 0. The molecule has 0 aliphatic heterocycles. The maximum absolute atomic E-state index is 14.4. The van der Waals surface area contributed by atoms with Crippen molar-refractivity contribution < 1.29 is 37.5 Å². The molecule has 0 radical (unpaired) electrons. The number of fused-ring (bicyclic) bond motifs is 1. The quantitative estimate of drug-likeness (QED) is 0.0319. The van der Waals surface area contributed by atoms with Crippen LogP contribution in [0.2, 0.25) is 0 Å². The van der Waals surface area contributed by atoms with Crippen LogP contribution in [0.15, 0.2) is 36.7 Å². The molecule has 0 saturated carbocycles. The van der Waals surface area contributed by atoms with Crippen molar-refractivity contribution in [2.24, 2.45) is 0 Å². The summed E-state index contributed by atoms with van der Waals surface area (Å²) in [6.07, 6.45) is 20.5. The zero-order valence-corrected chi connectivity index (χ0v) is 33.2. The highest BCUT2D eigenvalue weighted by Crippen LogP contribution is 2.45. The van der Waals surface area contributed by atoms with E-state index in [9.17, 15) is 24.2 Å². The number of hydrogen-bond donors (Lipinski definition) is 3. The number of hydrogen-bond acceptors (Lipinski definition) is 11. The van der Waals surface area contributed by atoms with E-state index >= 15 is 0 Å². The number of aliphatic hydroxyl groups excluding tert-OH is 1. The first-order valence-electron chi connectivity index (χ1n) is 19.9. The lowest BCUT2D eigenvalue weighted by molar-refractivity contribution is -0.0272. The number of halogens is 1. The number of benzene rings is 1. The number of unbranched alkanes of at least 4 members (excludes halogenated alkanes) is 16. The predicted octanol–water partition coefficient (Wildman–Crippen LogP) is 8.85. The van der Waals surface area contributed by atoms with Crippen LogP contribution < -0.4 is 5.73 Å². The zero-order chi connectivity index (χ0) is 39.7. The first-order valence-corrected chi connectivity index (χ1v) is 21.4. The molecule has 0 fully saturated rings. The Balaban J connectivity index is 1.44. The van der Waals surface area contributed by atoms with Crippen LogP contribution in [0.4, 0.5) is 10.2 Å². The van der Waals surface area contributed by atoms with Crippen LogP contribution in [0.5, 0.6) is 0 Å². The third kappa shape index (κ3) is 17.8. The number of nitrogen functional groups attached to an aromatic ring is 1. The molecule has 3 rings (SSSR count). The largest absolute Gasteiger partial charge is 0.472 e. The molecule has 4 atom stereocenters. The number of aliphatic hydroxyl groups is 1. The Labute approximate surface area is 325 Å². The van der Waals surface area contributed by atoms with Gasteiger partial charge in [-0.3, -0.25) is 9.05 Å². The molecule has 0 spiro atoms. The summed E-state index contributed by atoms with van der Waals surface area (Å²) in [4.78, 5) is 14.6. The molecule has 13 nitrogen and oxygen atoms in total. The van der Waals surface area contributed by atoms with Gasteiger partial charge in [0, 0.05) is 17.7 Å². The Hall–Kier alpha value is -3.62. The topological polar surface area (TPSA) is 198 Å². The fourth-order valence-corrected chi connectivity index (χ4v) is 7.42. The number of phosphoric ester groups is 1. The minimum absolute atomic E-state index is 0.0431. The van der Waals surface area contributed by atoms with Crippen LogP contribution >= 0.6 is 7.82 Å². The zero-order valence-electron chi connectivity index (χ0n) is 32.3. The number of nitrogens with zero attached hydrogens (tertiary/aromatic N) is 5. The minimum atomic E-state index is -4.74. The van der Waals surface area contributed by atoms with E-state index in [0.29, 0.717) is 24.1 Å². The van der Waals surface area contributed by atoms with E-state index in [1.807, 2.05) is 6.07 Å². The smallest absolute Gasteiger partial charge is 0.419 e. The van der Waals surface area contributed by atoms with Gasteiger partial charge in [-0.1, -0.05) is 122 Å². The van der Waals surface area contributed by atoms with Crippen LogP contribution in [0.25, 0.3) is 5.52 Å². The highest BCUT2D eigenvalue weighted by atomic mass is 31.2. The van der Waals surface area contributed by atoms with Gasteiger partial charge < -0.3 is 25.2 Å². The van der Waals surface area contributed by atoms with Crippen molar-refractivity contribution in [1.82, 2.24) is 14.6 Å². The molecule has 0 bridgehead atoms. The van der Waals surface area contributed by atoms with Gasteiger partial charge in [0.2, 0.25) is 0 Å². The predicted molar refractivity (Wildman–Crippen MR) is 208 cm³/mol. The molecule has 0 aliphatic carbocycles. The van der Waals surface area contributed by atoms with Crippen molar-refractivity contribution >= 4 is 19.2 Å². The summed E-state index contributed by atoms with van der Waals surface area (Å²) in [7, 11) is -4.74. The van der Waals surface area contributed by atoms with E-state index in [-0.39, 0.29) is 36.6 Å². The first-order chi connectivity index (χ1) is 26.7. The maximum Gasteiger partial charge on any atom is 0.472 e. The first kappa shape index (κ1) is 45.8. The summed E-state index contributed by atoms with van der Waals surface area (Å²) in [6, 6.07) is 9.32. The second kappa shape index (κ2) is 26.3. The van der Waals surface area contributed by atoms with Gasteiger partial charge in [-0.2, -0.15) is 15.6 Å². The monoisotopic (exact) mass is 786 g/mol. The van der Waals surface area contributed by atoms with Gasteiger partial charge in [0.15, 0.2) is 11.9 Å². The van der Waals surface area contributed by atoms with Gasteiger partial charge in [-0.15, -0.1) is 0 Å². The average molecular weight is 787 g/mol. The van der Waals surface area contributed by atoms with Crippen molar-refractivity contribution in [2.45, 2.75) is 154 Å². The molecule has 1 aromatic carbocycles. The lowest BCUT2D eigenvalue weighted by atomic mass is 10.0. The van der Waals surface area contributed by atoms with Crippen LogP contribution in [0.1, 0.15) is 139 Å². The van der Waals surface area contributed by atoms with Crippen molar-refractivity contribution in [3.63, 3.8) is 0 Å². The molecule has 15 heteroatoms. The molecule has 0 saturated heterocycles. The van der Waals surface area contributed by atoms with Crippen molar-refractivity contribution in [3.8, 4) is 12.3 Å². The Morgan fingerprint density at radius 2 is 1.53 bits per heavy atom. The number of aromatic nitrogens is 3. The third-order valence-electron chi connectivity index (χ3n) is 9.67. The van der Waals surface area contributed by atoms with Crippen LogP contribution in [-0.2, 0) is 36.1 Å². The van der Waals surface area contributed by atoms with Crippen LogP contribution in [0, 0.1) is 28.7 Å². The summed E-state index contributed by atoms with van der Waals surface area (Å²) in [5, 5.41) is 33.3. The van der Waals surface area contributed by atoms with E-state index in [1.54, 1.807) is 12.1 Å². The summed E-state index contributed by atoms with van der Waals surface area (Å²) in [5.74, 6) is -0.343. The Bertz CT molecular complexity index is 1660. The number of nitrogens with two attached hydrogens (primary N) is 1. The second-order valence-corrected chi connectivity index (χ2v) is 15.6. The molecule has 2 aromatic heterocycles. The molecule has 1 unspecified atom stereocenters. The van der Waals surface area contributed by atoms with Crippen LogP contribution in [0.3, 0.4) is 0 Å². The van der Waals surface area contributed by atoms with Gasteiger partial charge in [-0.05, 0) is 30.7 Å². The molecule has 4 N–H and O–H groups in total. The lowest BCUT2D eigenvalue weighted by Crippen LogP contribution is -2.34. The number of phosphoric acid groups is 1. The molecular weight excluding hydrogens is 726 g/mol. The van der Waals surface area contributed by atoms with Gasteiger partial charge >= 0.3 is 7.82 Å². The van der Waals surface area contributed by atoms with Crippen molar-refractivity contribution in [2.75, 3.05) is 18.9 Å². The molecule has 2 heterocycles. The molecule has 0 aliphatic rings. The van der Waals surface area contributed by atoms with E-state index in [4.69, 9.17) is 29.5 Å². The minimum Gasteiger partial charge on any atom is -0.419 e. The summed E-state index contributed by atoms with van der Waals surface area (Å²) < 4.78 is 50.5. The Kier molecular flexibility index (Phi) is 21.9. The highest BCUT2D eigenvalue weighted by molar-refractivity contribution is 7.47. The molecule has 304 valence electrons. The van der Waals surface area contributed by atoms with Crippen molar-refractivity contribution in [3.05, 3.63) is 59.3 Å². The van der Waals surface area contributed by atoms with Gasteiger partial charge in [0.05, 0.1) is 43.7 Å². The molecule has 3 aromatic rings. The molecule has 55 heavy (non-hydrogen) atoms. The normalized spacial score (nSPS) is 14.2. The van der Waals surface area contributed by atoms with E-state index in [1.165, 1.54) is 113 Å². The number of anilines is 1. The van der Waals surface area contributed by atoms with E-state index < -0.39 is 38.6 Å². The summed E-state index contributed by atoms with van der Waals surface area (Å²) in [6.45, 7) is 1.36. The van der Waals surface area contributed by atoms with Crippen molar-refractivity contribution in [1.29, 1.82) is 10.5 Å². The molecular formula is C40H60FN6O7P. The van der Waals surface area contributed by atoms with E-state index in [2.05, 4.69) is 17.0 Å². The Morgan fingerprint density at radius 3 is 2.11 bits per heavy atom. The maximum atomic E-state index is 14.4. The standard InChI is InChI=1S/C40H60FN6O7P/c1-2-3-4-5-6-7-8-9-10-11-12-13-14-15-16-17-18-19-35(28-51-27-33-21-20-32(26-42)24-36(33)41)54-55(49,50)53-29-39(52-30-43)38(48)25-34-22-23-37-40(44)45-31-46-47(34)37/h20-24,31,35,38-39,48H,2-19,25,27-29H2,1H3,(H,49,50)(H2,44,45,46)/t35-,38+,39-/m1/s1. The number of ether oxygens (including phenoxy) is 2. The van der Waals surface area contributed by atoms with Gasteiger partial charge in [-0.25, -0.2) is 18.5 Å². The number of rotatable bonds is 31. The number of nitriles is 2. The SMILES string of the molecule is CCCCCCCCCCCCCCCCCCC[C@H](COCc1ccc(C#N)cc1F)OP(=O)(O)OC[C@@H](OC#N)[C@@H](O)Cc1ccc2c(N)ncnn12. The van der Waals surface area contributed by atoms with Crippen LogP contribution in [-0.4, -0.2) is 56.1 Å².